The van der Waals surface area contributed by atoms with E-state index in [4.69, 9.17) is 18.9 Å². The van der Waals surface area contributed by atoms with Crippen LogP contribution < -0.4 is 14.2 Å². The highest BCUT2D eigenvalue weighted by Crippen LogP contribution is 2.33. The Morgan fingerprint density at radius 1 is 0.886 bits per heavy atom. The molecular formula is C27H30O8. The maximum absolute atomic E-state index is 12.5. The van der Waals surface area contributed by atoms with Crippen LogP contribution in [-0.4, -0.2) is 37.9 Å². The van der Waals surface area contributed by atoms with Gasteiger partial charge in [0.1, 0.15) is 12.0 Å². The molecule has 0 bridgehead atoms. The zero-order chi connectivity index (χ0) is 24.9. The predicted octanol–water partition coefficient (Wildman–Crippen LogP) is 4.85. The van der Waals surface area contributed by atoms with Gasteiger partial charge in [-0.05, 0) is 61.6 Å². The van der Waals surface area contributed by atoms with Crippen LogP contribution in [-0.2, 0) is 20.7 Å². The molecule has 35 heavy (non-hydrogen) atoms. The highest BCUT2D eigenvalue weighted by Gasteiger charge is 2.18. The van der Waals surface area contributed by atoms with Crippen LogP contribution in [0.15, 0.2) is 36.4 Å². The average molecular weight is 483 g/mol. The standard InChI is InChI=1S/C27H30O8/c28-14-6-4-2-1-3-5-9-26(30)32-15-7-8-20-10-12-23(22(16-20)18-29)35-27(31)21-11-13-24-25(17-21)34-19-33-24/h10-14,16-18H,1-9,15,19H2. The first-order valence-corrected chi connectivity index (χ1v) is 11.9. The van der Waals surface area contributed by atoms with E-state index in [2.05, 4.69) is 0 Å². The zero-order valence-electron chi connectivity index (χ0n) is 19.7. The summed E-state index contributed by atoms with van der Waals surface area (Å²) in [6.07, 6.45) is 8.47. The van der Waals surface area contributed by atoms with Crippen LogP contribution in [0.1, 0.15) is 77.6 Å². The second kappa shape index (κ2) is 13.9. The van der Waals surface area contributed by atoms with E-state index in [1.807, 2.05) is 0 Å². The maximum Gasteiger partial charge on any atom is 0.343 e. The van der Waals surface area contributed by atoms with Crippen LogP contribution in [0, 0.1) is 0 Å². The molecule has 0 radical (unpaired) electrons. The lowest BCUT2D eigenvalue weighted by atomic mass is 10.1. The number of hydrogen-bond donors (Lipinski definition) is 0. The SMILES string of the molecule is O=CCCCCCCCC(=O)OCCCc1ccc(OC(=O)c2ccc3c(c2)OCO3)c(C=O)c1. The number of benzene rings is 2. The van der Waals surface area contributed by atoms with Crippen molar-refractivity contribution < 1.29 is 38.1 Å². The molecule has 0 aromatic heterocycles. The molecule has 2 aromatic rings. The third-order valence-corrected chi connectivity index (χ3v) is 5.59. The molecule has 0 saturated heterocycles. The van der Waals surface area contributed by atoms with E-state index in [1.54, 1.807) is 30.3 Å². The van der Waals surface area contributed by atoms with E-state index in [0.717, 1.165) is 44.0 Å². The molecule has 0 unspecified atom stereocenters. The fourth-order valence-corrected chi connectivity index (χ4v) is 3.68. The van der Waals surface area contributed by atoms with Crippen molar-refractivity contribution in [3.8, 4) is 17.2 Å². The second-order valence-electron chi connectivity index (χ2n) is 8.24. The van der Waals surface area contributed by atoms with Gasteiger partial charge in [0, 0.05) is 12.8 Å². The first-order valence-electron chi connectivity index (χ1n) is 11.9. The quantitative estimate of drug-likeness (QED) is 0.153. The molecular weight excluding hydrogens is 452 g/mol. The minimum absolute atomic E-state index is 0.105. The van der Waals surface area contributed by atoms with Crippen LogP contribution in [0.25, 0.3) is 0 Å². The summed E-state index contributed by atoms with van der Waals surface area (Å²) in [6.45, 7) is 0.406. The molecule has 2 aromatic carbocycles. The molecule has 0 aliphatic carbocycles. The van der Waals surface area contributed by atoms with Crippen LogP contribution in [0.3, 0.4) is 0 Å². The first-order chi connectivity index (χ1) is 17.1. The molecule has 186 valence electrons. The molecule has 0 atom stereocenters. The van der Waals surface area contributed by atoms with Crippen molar-refractivity contribution >= 4 is 24.5 Å². The van der Waals surface area contributed by atoms with E-state index >= 15 is 0 Å². The largest absolute Gasteiger partial charge is 0.466 e. The van der Waals surface area contributed by atoms with Crippen molar-refractivity contribution in [3.63, 3.8) is 0 Å². The van der Waals surface area contributed by atoms with Gasteiger partial charge in [0.15, 0.2) is 17.8 Å². The van der Waals surface area contributed by atoms with E-state index in [9.17, 15) is 19.2 Å². The minimum Gasteiger partial charge on any atom is -0.466 e. The molecule has 0 N–H and O–H groups in total. The molecule has 3 rings (SSSR count). The number of hydrogen-bond acceptors (Lipinski definition) is 8. The fraction of sp³-hybridized carbons (Fsp3) is 0.407. The third kappa shape index (κ3) is 8.24. The van der Waals surface area contributed by atoms with Crippen LogP contribution in [0.4, 0.5) is 0 Å². The molecule has 0 amide bonds. The van der Waals surface area contributed by atoms with Gasteiger partial charge in [0.25, 0.3) is 0 Å². The molecule has 1 aliphatic heterocycles. The minimum atomic E-state index is -0.605. The van der Waals surface area contributed by atoms with E-state index in [-0.39, 0.29) is 29.6 Å². The summed E-state index contributed by atoms with van der Waals surface area (Å²) in [5, 5.41) is 0. The lowest BCUT2D eigenvalue weighted by molar-refractivity contribution is -0.143. The van der Waals surface area contributed by atoms with Gasteiger partial charge in [-0.1, -0.05) is 25.3 Å². The summed E-state index contributed by atoms with van der Waals surface area (Å²) in [7, 11) is 0. The topological polar surface area (TPSA) is 105 Å². The van der Waals surface area contributed by atoms with E-state index < -0.39 is 5.97 Å². The highest BCUT2D eigenvalue weighted by atomic mass is 16.7. The Hall–Kier alpha value is -3.68. The van der Waals surface area contributed by atoms with Gasteiger partial charge >= 0.3 is 11.9 Å². The Morgan fingerprint density at radius 2 is 1.69 bits per heavy atom. The number of aryl methyl sites for hydroxylation is 1. The zero-order valence-corrected chi connectivity index (χ0v) is 19.7. The van der Waals surface area contributed by atoms with Gasteiger partial charge in [0.2, 0.25) is 6.79 Å². The predicted molar refractivity (Wildman–Crippen MR) is 127 cm³/mol. The highest BCUT2D eigenvalue weighted by molar-refractivity contribution is 5.93. The summed E-state index contributed by atoms with van der Waals surface area (Å²) >= 11 is 0. The number of esters is 2. The van der Waals surface area contributed by atoms with Gasteiger partial charge < -0.3 is 23.7 Å². The van der Waals surface area contributed by atoms with Gasteiger partial charge in [-0.2, -0.15) is 0 Å². The number of carbonyl (C=O) groups excluding carboxylic acids is 4. The normalized spacial score (nSPS) is 11.7. The van der Waals surface area contributed by atoms with Gasteiger partial charge in [0.05, 0.1) is 17.7 Å². The summed E-state index contributed by atoms with van der Waals surface area (Å²) in [4.78, 5) is 46.2. The Labute approximate surface area is 204 Å². The average Bonchev–Trinajstić information content (AvgIpc) is 3.35. The van der Waals surface area contributed by atoms with E-state index in [1.165, 1.54) is 6.07 Å². The Kier molecular flexibility index (Phi) is 10.3. The molecule has 8 nitrogen and oxygen atoms in total. The van der Waals surface area contributed by atoms with Crippen molar-refractivity contribution in [2.75, 3.05) is 13.4 Å². The van der Waals surface area contributed by atoms with Crippen LogP contribution in [0.5, 0.6) is 17.2 Å². The second-order valence-corrected chi connectivity index (χ2v) is 8.24. The van der Waals surface area contributed by atoms with Crippen molar-refractivity contribution in [2.24, 2.45) is 0 Å². The van der Waals surface area contributed by atoms with Crippen LogP contribution in [0.2, 0.25) is 0 Å². The Morgan fingerprint density at radius 3 is 2.51 bits per heavy atom. The summed E-state index contributed by atoms with van der Waals surface area (Å²) < 4.78 is 21.2. The maximum atomic E-state index is 12.5. The lowest BCUT2D eigenvalue weighted by Gasteiger charge is -2.10. The molecule has 0 spiro atoms. The number of ether oxygens (including phenoxy) is 4. The van der Waals surface area contributed by atoms with Gasteiger partial charge in [-0.15, -0.1) is 0 Å². The molecule has 1 aliphatic rings. The summed E-state index contributed by atoms with van der Waals surface area (Å²) in [6, 6.07) is 9.78. The number of carbonyl (C=O) groups is 4. The van der Waals surface area contributed by atoms with Crippen molar-refractivity contribution in [3.05, 3.63) is 53.1 Å². The molecule has 0 fully saturated rings. The van der Waals surface area contributed by atoms with Crippen LogP contribution >= 0.6 is 0 Å². The molecule has 1 heterocycles. The molecule has 0 saturated carbocycles. The van der Waals surface area contributed by atoms with Gasteiger partial charge in [-0.25, -0.2) is 4.79 Å². The third-order valence-electron chi connectivity index (χ3n) is 5.59. The lowest BCUT2D eigenvalue weighted by Crippen LogP contribution is -2.10. The smallest absolute Gasteiger partial charge is 0.343 e. The molecule has 8 heteroatoms. The van der Waals surface area contributed by atoms with Gasteiger partial charge in [-0.3, -0.25) is 9.59 Å². The fourth-order valence-electron chi connectivity index (χ4n) is 3.68. The number of fused-ring (bicyclic) bond motifs is 1. The Bertz CT molecular complexity index is 1030. The summed E-state index contributed by atoms with van der Waals surface area (Å²) in [5.41, 5.74) is 1.43. The van der Waals surface area contributed by atoms with Crippen molar-refractivity contribution in [2.45, 2.75) is 57.8 Å². The number of rotatable bonds is 15. The summed E-state index contributed by atoms with van der Waals surface area (Å²) in [5.74, 6) is 0.387. The number of unbranched alkanes of at least 4 members (excludes halogenated alkanes) is 5. The van der Waals surface area contributed by atoms with E-state index in [0.29, 0.717) is 50.1 Å². The number of aldehydes is 2. The van der Waals surface area contributed by atoms with Crippen molar-refractivity contribution in [1.82, 2.24) is 0 Å². The first kappa shape index (κ1) is 25.9. The van der Waals surface area contributed by atoms with Crippen molar-refractivity contribution in [1.29, 1.82) is 0 Å². The Balaban J connectivity index is 1.39. The monoisotopic (exact) mass is 482 g/mol.